The number of aromatic nitrogens is 3. The number of carbonyl (C=O) groups is 1. The van der Waals surface area contributed by atoms with Crippen molar-refractivity contribution in [3.05, 3.63) is 102 Å². The van der Waals surface area contributed by atoms with Gasteiger partial charge in [-0.2, -0.15) is 0 Å². The normalized spacial score (nSPS) is 13.6. The highest BCUT2D eigenvalue weighted by Gasteiger charge is 2.22. The van der Waals surface area contributed by atoms with Gasteiger partial charge in [0.05, 0.1) is 0 Å². The molecule has 1 aliphatic rings. The molecule has 1 amide bonds. The second kappa shape index (κ2) is 12.1. The zero-order valence-electron chi connectivity index (χ0n) is 21.3. The lowest BCUT2D eigenvalue weighted by Crippen LogP contribution is -2.49. The Hall–Kier alpha value is -3.58. The van der Waals surface area contributed by atoms with Crippen molar-refractivity contribution in [3.63, 3.8) is 0 Å². The molecule has 190 valence electrons. The zero-order valence-corrected chi connectivity index (χ0v) is 22.1. The van der Waals surface area contributed by atoms with Gasteiger partial charge in [-0.1, -0.05) is 78.5 Å². The third kappa shape index (κ3) is 6.23. The second-order valence-corrected chi connectivity index (χ2v) is 10.4. The third-order valence-corrected chi connectivity index (χ3v) is 7.79. The Morgan fingerprint density at radius 2 is 1.51 bits per heavy atom. The lowest BCUT2D eigenvalue weighted by molar-refractivity contribution is -0.131. The molecule has 1 saturated heterocycles. The van der Waals surface area contributed by atoms with Crippen LogP contribution < -0.4 is 4.90 Å². The van der Waals surface area contributed by atoms with Crippen molar-refractivity contribution in [2.75, 3.05) is 36.8 Å². The molecule has 1 aliphatic heterocycles. The van der Waals surface area contributed by atoms with Gasteiger partial charge in [0.1, 0.15) is 5.82 Å². The molecule has 6 nitrogen and oxygen atoms in total. The van der Waals surface area contributed by atoms with Crippen LogP contribution in [0.5, 0.6) is 0 Å². The van der Waals surface area contributed by atoms with Crippen molar-refractivity contribution in [2.24, 2.45) is 0 Å². The van der Waals surface area contributed by atoms with Gasteiger partial charge in [0.15, 0.2) is 5.16 Å². The van der Waals surface area contributed by atoms with Crippen molar-refractivity contribution in [1.82, 2.24) is 19.7 Å². The summed E-state index contributed by atoms with van der Waals surface area (Å²) in [6, 6.07) is 29.1. The smallest absolute Gasteiger partial charge is 0.222 e. The van der Waals surface area contributed by atoms with E-state index in [4.69, 9.17) is 0 Å². The molecule has 2 heterocycles. The largest absolute Gasteiger partial charge is 0.368 e. The highest BCUT2D eigenvalue weighted by molar-refractivity contribution is 7.99. The van der Waals surface area contributed by atoms with Crippen molar-refractivity contribution in [2.45, 2.75) is 31.3 Å². The number of nitrogens with zero attached hydrogens (tertiary/aromatic N) is 5. The second-order valence-electron chi connectivity index (χ2n) is 9.34. The molecule has 0 spiro atoms. The van der Waals surface area contributed by atoms with Gasteiger partial charge in [0.25, 0.3) is 0 Å². The van der Waals surface area contributed by atoms with Crippen molar-refractivity contribution in [3.8, 4) is 5.69 Å². The van der Waals surface area contributed by atoms with Crippen molar-refractivity contribution >= 4 is 23.4 Å². The first-order valence-electron chi connectivity index (χ1n) is 12.9. The van der Waals surface area contributed by atoms with Crippen LogP contribution in [0, 0.1) is 6.92 Å². The van der Waals surface area contributed by atoms with E-state index in [0.717, 1.165) is 61.4 Å². The predicted molar refractivity (Wildman–Crippen MR) is 151 cm³/mol. The first-order chi connectivity index (χ1) is 18.2. The highest BCUT2D eigenvalue weighted by Crippen LogP contribution is 2.25. The Morgan fingerprint density at radius 1 is 0.838 bits per heavy atom. The van der Waals surface area contributed by atoms with Crippen LogP contribution in [0.15, 0.2) is 90.1 Å². The minimum atomic E-state index is 0.249. The quantitative estimate of drug-likeness (QED) is 0.223. The fourth-order valence-electron chi connectivity index (χ4n) is 4.78. The number of anilines is 1. The van der Waals surface area contributed by atoms with E-state index in [1.807, 2.05) is 41.3 Å². The van der Waals surface area contributed by atoms with Crippen molar-refractivity contribution < 1.29 is 4.79 Å². The fourth-order valence-corrected chi connectivity index (χ4v) is 5.69. The lowest BCUT2D eigenvalue weighted by atomic mass is 10.1. The molecule has 1 fully saturated rings. The number of piperazine rings is 1. The number of rotatable bonds is 9. The molecule has 37 heavy (non-hydrogen) atoms. The molecule has 3 aromatic carbocycles. The summed E-state index contributed by atoms with van der Waals surface area (Å²) in [5, 5.41) is 9.91. The van der Waals surface area contributed by atoms with Gasteiger partial charge in [-0.3, -0.25) is 9.36 Å². The maximum absolute atomic E-state index is 12.9. The first kappa shape index (κ1) is 25.1. The zero-order chi connectivity index (χ0) is 25.5. The maximum Gasteiger partial charge on any atom is 0.222 e. The molecule has 0 atom stereocenters. The summed E-state index contributed by atoms with van der Waals surface area (Å²) in [6.07, 6.45) is 2.10. The predicted octanol–water partition coefficient (Wildman–Crippen LogP) is 5.39. The molecule has 0 N–H and O–H groups in total. The molecule has 7 heteroatoms. The van der Waals surface area contributed by atoms with Gasteiger partial charge in [-0.25, -0.2) is 0 Å². The number of hydrogen-bond donors (Lipinski definition) is 0. The van der Waals surface area contributed by atoms with E-state index in [1.165, 1.54) is 16.8 Å². The molecule has 5 rings (SSSR count). The van der Waals surface area contributed by atoms with E-state index in [2.05, 4.69) is 75.1 Å². The Morgan fingerprint density at radius 3 is 2.24 bits per heavy atom. The van der Waals surface area contributed by atoms with Crippen LogP contribution in [-0.2, 0) is 11.2 Å². The van der Waals surface area contributed by atoms with E-state index >= 15 is 0 Å². The van der Waals surface area contributed by atoms with E-state index in [1.54, 1.807) is 11.8 Å². The Balaban J connectivity index is 1.15. The van der Waals surface area contributed by atoms with E-state index < -0.39 is 0 Å². The van der Waals surface area contributed by atoms with Gasteiger partial charge in [0, 0.05) is 56.1 Å². The monoisotopic (exact) mass is 511 g/mol. The number of para-hydroxylation sites is 2. The summed E-state index contributed by atoms with van der Waals surface area (Å²) in [7, 11) is 0. The van der Waals surface area contributed by atoms with E-state index in [0.29, 0.717) is 6.42 Å². The fraction of sp³-hybridized carbons (Fsp3) is 0.300. The number of carbonyl (C=O) groups excluding carboxylic acids is 1. The average molecular weight is 512 g/mol. The van der Waals surface area contributed by atoms with Gasteiger partial charge in [-0.05, 0) is 42.7 Å². The lowest BCUT2D eigenvalue weighted by Gasteiger charge is -2.36. The molecule has 0 unspecified atom stereocenters. The summed E-state index contributed by atoms with van der Waals surface area (Å²) in [5.74, 6) is 1.99. The minimum Gasteiger partial charge on any atom is -0.368 e. The van der Waals surface area contributed by atoms with E-state index in [9.17, 15) is 4.79 Å². The summed E-state index contributed by atoms with van der Waals surface area (Å²) >= 11 is 1.67. The number of hydrogen-bond acceptors (Lipinski definition) is 5. The van der Waals surface area contributed by atoms with Crippen LogP contribution >= 0.6 is 11.8 Å². The van der Waals surface area contributed by atoms with Crippen LogP contribution in [0.3, 0.4) is 0 Å². The summed E-state index contributed by atoms with van der Waals surface area (Å²) < 4.78 is 2.14. The molecule has 4 aromatic rings. The van der Waals surface area contributed by atoms with Crippen LogP contribution in [0.4, 0.5) is 5.69 Å². The Kier molecular flexibility index (Phi) is 8.21. The summed E-state index contributed by atoms with van der Waals surface area (Å²) in [5.41, 5.74) is 4.83. The van der Waals surface area contributed by atoms with Gasteiger partial charge < -0.3 is 9.80 Å². The average Bonchev–Trinajstić information content (AvgIpc) is 3.34. The molecular formula is C30H33N5OS. The number of aryl methyl sites for hydroxylation is 1. The molecule has 0 radical (unpaired) electrons. The maximum atomic E-state index is 12.9. The van der Waals surface area contributed by atoms with Crippen LogP contribution in [-0.4, -0.2) is 57.5 Å². The first-order valence-corrected chi connectivity index (χ1v) is 13.9. The number of benzene rings is 3. The van der Waals surface area contributed by atoms with Gasteiger partial charge >= 0.3 is 0 Å². The topological polar surface area (TPSA) is 54.3 Å². The molecule has 0 aliphatic carbocycles. The molecule has 0 bridgehead atoms. The Labute approximate surface area is 223 Å². The van der Waals surface area contributed by atoms with Crippen molar-refractivity contribution in [1.29, 1.82) is 0 Å². The third-order valence-electron chi connectivity index (χ3n) is 6.77. The van der Waals surface area contributed by atoms with Crippen LogP contribution in [0.1, 0.15) is 29.8 Å². The SMILES string of the molecule is Cc1ccccc1N1CCN(C(=O)CCCSc2nnc(Cc3ccccc3)n2-c2ccccc2)CC1. The number of thioether (sulfide) groups is 1. The minimum absolute atomic E-state index is 0.249. The Bertz CT molecular complexity index is 1300. The standard InChI is InChI=1S/C30H33N5OS/c1-24-11-8-9-16-27(24)33-18-20-34(21-19-33)29(36)17-10-22-37-30-32-31-28(23-25-12-4-2-5-13-25)35(30)26-14-6-3-7-15-26/h2-9,11-16H,10,17-23H2,1H3. The van der Waals surface area contributed by atoms with E-state index in [-0.39, 0.29) is 5.91 Å². The molecule has 0 saturated carbocycles. The van der Waals surface area contributed by atoms with Crippen LogP contribution in [0.2, 0.25) is 0 Å². The molecular weight excluding hydrogens is 478 g/mol. The molecule has 1 aromatic heterocycles. The summed E-state index contributed by atoms with van der Waals surface area (Å²) in [4.78, 5) is 17.3. The number of amides is 1. The van der Waals surface area contributed by atoms with Crippen LogP contribution in [0.25, 0.3) is 5.69 Å². The highest BCUT2D eigenvalue weighted by atomic mass is 32.2. The summed E-state index contributed by atoms with van der Waals surface area (Å²) in [6.45, 7) is 5.48. The van der Waals surface area contributed by atoms with Gasteiger partial charge in [-0.15, -0.1) is 10.2 Å². The van der Waals surface area contributed by atoms with Gasteiger partial charge in [0.2, 0.25) is 5.91 Å².